The lowest BCUT2D eigenvalue weighted by Crippen LogP contribution is -2.11. The van der Waals surface area contributed by atoms with Crippen LogP contribution in [0.15, 0.2) is 30.3 Å². The predicted molar refractivity (Wildman–Crippen MR) is 76.3 cm³/mol. The van der Waals surface area contributed by atoms with Crippen molar-refractivity contribution < 1.29 is 4.79 Å². The topological polar surface area (TPSA) is 67.1 Å². The summed E-state index contributed by atoms with van der Waals surface area (Å²) in [6.07, 6.45) is 0. The van der Waals surface area contributed by atoms with Crippen LogP contribution in [0.5, 0.6) is 0 Å². The molecule has 0 atom stereocenters. The van der Waals surface area contributed by atoms with E-state index in [0.29, 0.717) is 15.6 Å². The Morgan fingerprint density at radius 2 is 2.00 bits per heavy atom. The number of hydrazine groups is 1. The van der Waals surface area contributed by atoms with E-state index in [9.17, 15) is 4.79 Å². The highest BCUT2D eigenvalue weighted by Gasteiger charge is 2.13. The molecule has 1 aromatic carbocycles. The summed E-state index contributed by atoms with van der Waals surface area (Å²) < 4.78 is 0. The van der Waals surface area contributed by atoms with Crippen LogP contribution in [0.4, 0.5) is 10.7 Å². The second-order valence-corrected chi connectivity index (χ2v) is 5.22. The molecule has 0 spiro atoms. The van der Waals surface area contributed by atoms with Crippen molar-refractivity contribution in [3.05, 3.63) is 45.8 Å². The molecule has 0 unspecified atom stereocenters. The molecule has 94 valence electrons. The summed E-state index contributed by atoms with van der Waals surface area (Å²) in [5, 5.41) is 4.20. The zero-order chi connectivity index (χ0) is 13.1. The van der Waals surface area contributed by atoms with Crippen molar-refractivity contribution in [3.63, 3.8) is 0 Å². The number of carbonyl (C=O) groups is 1. The van der Waals surface area contributed by atoms with Crippen LogP contribution in [0.3, 0.4) is 0 Å². The molecular weight excluding hydrogens is 270 g/mol. The molecule has 0 saturated heterocycles. The smallest absolute Gasteiger partial charge is 0.266 e. The first-order valence-electron chi connectivity index (χ1n) is 5.24. The third-order valence-corrected chi connectivity index (χ3v) is 3.79. The van der Waals surface area contributed by atoms with E-state index in [-0.39, 0.29) is 5.91 Å². The Balaban J connectivity index is 2.16. The molecular formula is C12H12ClN3OS. The minimum atomic E-state index is -0.152. The zero-order valence-electron chi connectivity index (χ0n) is 9.66. The van der Waals surface area contributed by atoms with Crippen molar-refractivity contribution in [1.82, 2.24) is 0 Å². The zero-order valence-corrected chi connectivity index (χ0v) is 11.2. The van der Waals surface area contributed by atoms with Gasteiger partial charge in [0, 0.05) is 10.7 Å². The van der Waals surface area contributed by atoms with Crippen LogP contribution in [-0.2, 0) is 0 Å². The molecule has 0 fully saturated rings. The number of thiophene rings is 1. The molecule has 1 amide bonds. The standard InChI is InChI=1S/C12H12ClN3OS/c1-7-6-10(16-14)18-11(7)12(17)15-9-4-2-8(13)3-5-9/h2-6,16H,14H2,1H3,(H,15,17). The van der Waals surface area contributed by atoms with Gasteiger partial charge in [-0.1, -0.05) is 11.6 Å². The van der Waals surface area contributed by atoms with Gasteiger partial charge in [-0.15, -0.1) is 11.3 Å². The Kier molecular flexibility index (Phi) is 3.86. The molecule has 4 N–H and O–H groups in total. The maximum Gasteiger partial charge on any atom is 0.266 e. The largest absolute Gasteiger partial charge is 0.321 e. The second kappa shape index (κ2) is 5.39. The van der Waals surface area contributed by atoms with Gasteiger partial charge in [-0.05, 0) is 42.8 Å². The van der Waals surface area contributed by atoms with Gasteiger partial charge in [0.2, 0.25) is 0 Å². The quantitative estimate of drug-likeness (QED) is 0.598. The Bertz CT molecular complexity index is 565. The average molecular weight is 282 g/mol. The average Bonchev–Trinajstić information content (AvgIpc) is 2.73. The van der Waals surface area contributed by atoms with E-state index in [1.54, 1.807) is 24.3 Å². The first-order valence-corrected chi connectivity index (χ1v) is 6.43. The number of amides is 1. The number of nitrogens with one attached hydrogen (secondary N) is 2. The van der Waals surface area contributed by atoms with E-state index in [4.69, 9.17) is 17.4 Å². The fraction of sp³-hybridized carbons (Fsp3) is 0.0833. The summed E-state index contributed by atoms with van der Waals surface area (Å²) in [4.78, 5) is 12.7. The molecule has 1 aromatic heterocycles. The summed E-state index contributed by atoms with van der Waals surface area (Å²) in [7, 11) is 0. The SMILES string of the molecule is Cc1cc(NN)sc1C(=O)Nc1ccc(Cl)cc1. The number of benzene rings is 1. The van der Waals surface area contributed by atoms with Gasteiger partial charge in [-0.3, -0.25) is 4.79 Å². The number of aryl methyl sites for hydroxylation is 1. The summed E-state index contributed by atoms with van der Waals surface area (Å²) >= 11 is 7.10. The molecule has 4 nitrogen and oxygen atoms in total. The fourth-order valence-corrected chi connectivity index (χ4v) is 2.50. The van der Waals surface area contributed by atoms with E-state index in [2.05, 4.69) is 10.7 Å². The lowest BCUT2D eigenvalue weighted by Gasteiger charge is -2.04. The van der Waals surface area contributed by atoms with Crippen LogP contribution < -0.4 is 16.6 Å². The normalized spacial score (nSPS) is 10.2. The Morgan fingerprint density at radius 1 is 1.33 bits per heavy atom. The van der Waals surface area contributed by atoms with E-state index >= 15 is 0 Å². The third-order valence-electron chi connectivity index (χ3n) is 2.37. The highest BCUT2D eigenvalue weighted by Crippen LogP contribution is 2.26. The van der Waals surface area contributed by atoms with E-state index in [0.717, 1.165) is 10.6 Å². The summed E-state index contributed by atoms with van der Waals surface area (Å²) in [5.74, 6) is 5.16. The minimum Gasteiger partial charge on any atom is -0.321 e. The van der Waals surface area contributed by atoms with E-state index in [1.165, 1.54) is 11.3 Å². The number of hydrogen-bond donors (Lipinski definition) is 3. The molecule has 0 aliphatic rings. The molecule has 18 heavy (non-hydrogen) atoms. The van der Waals surface area contributed by atoms with E-state index < -0.39 is 0 Å². The van der Waals surface area contributed by atoms with Crippen molar-refractivity contribution in [2.45, 2.75) is 6.92 Å². The van der Waals surface area contributed by atoms with Crippen LogP contribution in [0.25, 0.3) is 0 Å². The van der Waals surface area contributed by atoms with Gasteiger partial charge in [-0.25, -0.2) is 5.84 Å². The lowest BCUT2D eigenvalue weighted by molar-refractivity contribution is 0.103. The molecule has 0 bridgehead atoms. The van der Waals surface area contributed by atoms with Crippen molar-refractivity contribution in [3.8, 4) is 0 Å². The highest BCUT2D eigenvalue weighted by atomic mass is 35.5. The van der Waals surface area contributed by atoms with Gasteiger partial charge in [0.15, 0.2) is 0 Å². The molecule has 6 heteroatoms. The van der Waals surface area contributed by atoms with Gasteiger partial charge < -0.3 is 10.7 Å². The minimum absolute atomic E-state index is 0.152. The van der Waals surface area contributed by atoms with Gasteiger partial charge in [0.05, 0.1) is 4.88 Å². The summed E-state index contributed by atoms with van der Waals surface area (Å²) in [6.45, 7) is 1.87. The Morgan fingerprint density at radius 3 is 2.56 bits per heavy atom. The summed E-state index contributed by atoms with van der Waals surface area (Å²) in [6, 6.07) is 8.80. The third kappa shape index (κ3) is 2.81. The Labute approximate surface area is 114 Å². The predicted octanol–water partition coefficient (Wildman–Crippen LogP) is 3.25. The molecule has 0 radical (unpaired) electrons. The molecule has 0 aliphatic heterocycles. The van der Waals surface area contributed by atoms with Gasteiger partial charge >= 0.3 is 0 Å². The van der Waals surface area contributed by atoms with Crippen LogP contribution in [0, 0.1) is 6.92 Å². The lowest BCUT2D eigenvalue weighted by atomic mass is 10.2. The van der Waals surface area contributed by atoms with Crippen LogP contribution in [-0.4, -0.2) is 5.91 Å². The Hall–Kier alpha value is -1.56. The summed E-state index contributed by atoms with van der Waals surface area (Å²) in [5.41, 5.74) is 4.13. The monoisotopic (exact) mass is 281 g/mol. The van der Waals surface area contributed by atoms with Crippen molar-refractivity contribution in [2.75, 3.05) is 10.7 Å². The first-order chi connectivity index (χ1) is 8.60. The maximum atomic E-state index is 12.0. The van der Waals surface area contributed by atoms with E-state index in [1.807, 2.05) is 13.0 Å². The first kappa shape index (κ1) is 12.9. The highest BCUT2D eigenvalue weighted by molar-refractivity contribution is 7.18. The van der Waals surface area contributed by atoms with Crippen LogP contribution in [0.2, 0.25) is 5.02 Å². The molecule has 2 rings (SSSR count). The van der Waals surface area contributed by atoms with Gasteiger partial charge in [0.1, 0.15) is 5.00 Å². The molecule has 0 saturated carbocycles. The number of nitrogen functional groups attached to an aromatic ring is 1. The number of rotatable bonds is 3. The fourth-order valence-electron chi connectivity index (χ4n) is 1.50. The number of carbonyl (C=O) groups excluding carboxylic acids is 1. The second-order valence-electron chi connectivity index (χ2n) is 3.73. The van der Waals surface area contributed by atoms with Crippen molar-refractivity contribution in [2.24, 2.45) is 5.84 Å². The number of halogens is 1. The number of anilines is 2. The maximum absolute atomic E-state index is 12.0. The number of nitrogens with two attached hydrogens (primary N) is 1. The van der Waals surface area contributed by atoms with Crippen LogP contribution in [0.1, 0.15) is 15.2 Å². The number of hydrogen-bond acceptors (Lipinski definition) is 4. The molecule has 2 aromatic rings. The van der Waals surface area contributed by atoms with Crippen molar-refractivity contribution >= 4 is 39.5 Å². The van der Waals surface area contributed by atoms with Crippen molar-refractivity contribution in [1.29, 1.82) is 0 Å². The van der Waals surface area contributed by atoms with Gasteiger partial charge in [0.25, 0.3) is 5.91 Å². The van der Waals surface area contributed by atoms with Crippen LogP contribution >= 0.6 is 22.9 Å². The van der Waals surface area contributed by atoms with Gasteiger partial charge in [-0.2, -0.15) is 0 Å². The molecule has 0 aliphatic carbocycles. The molecule has 1 heterocycles.